The van der Waals surface area contributed by atoms with Crippen LogP contribution in [0.3, 0.4) is 0 Å². The lowest BCUT2D eigenvalue weighted by atomic mass is 10.2. The molecule has 0 unspecified atom stereocenters. The zero-order valence-corrected chi connectivity index (χ0v) is 79.1. The molecule has 19 heteroatoms. The topological polar surface area (TPSA) is 122 Å². The predicted octanol–water partition coefficient (Wildman–Crippen LogP) is 23.3. The minimum absolute atomic E-state index is 0.00220. The Bertz CT molecular complexity index is 3220. The number of methoxy groups -OCH3 is 5. The molecule has 1 N–H and O–H groups in total. The standard InChI is InChI=1S/2C16H27BO2P.2C16H27O2P.C14H23OP.C8H10O2.C4H8O/c2*1-15(2,3)20(17,16(4,5)6)14-11-9-8-10-13(14)19-12-18-7;2*1-15(2,3)19(16(4,5)6)14-11-9-8-10-13(14)18-12-17-7;1-13(2,3)16(14(4,5)6)12-10-8-7-9-11(12)15;1-9-7-10-8-5-3-2-4-6-8;1-2-4-5-3-1/h2*8-11H,12H2,1-7H3;2*8-11H,12H2,1-7H3;7-10,15H,1-6H3;2-6H,7H2,1H3;1-4H2/q2*+1;;;;;. The SMILES string of the molecule is C1CCOC1.CC(C)(C)P(c1ccccc1O)C(C)(C)C.COCOc1ccccc1.COCOc1ccccc1P(C(C)(C)C)C(C)(C)C.COCOc1ccccc1P(C(C)(C)C)C(C)(C)C.[B][P+](c1ccccc1OCOC)(C(C)(C)C)C(C)(C)C.[B][P+](c1ccccc1OCOC)(C(C)(C)C)C(C)(C)C. The molecule has 1 aliphatic rings. The van der Waals surface area contributed by atoms with E-state index in [1.807, 2.05) is 103 Å². The van der Waals surface area contributed by atoms with E-state index in [1.54, 1.807) is 41.6 Å². The summed E-state index contributed by atoms with van der Waals surface area (Å²) in [5, 5.41) is 17.4. The number of ether oxygens (including phenoxy) is 11. The number of aromatic hydroxyl groups is 1. The van der Waals surface area contributed by atoms with Crippen molar-refractivity contribution in [2.24, 2.45) is 0 Å². The summed E-state index contributed by atoms with van der Waals surface area (Å²) in [5.41, 5.74) is 0. The van der Waals surface area contributed by atoms with Crippen molar-refractivity contribution < 1.29 is 57.2 Å². The Morgan fingerprint density at radius 1 is 0.303 bits per heavy atom. The first-order valence-electron chi connectivity index (χ1n) is 38.2. The van der Waals surface area contributed by atoms with Crippen molar-refractivity contribution >= 4 is 79.7 Å². The number of para-hydroxylation sites is 6. The van der Waals surface area contributed by atoms with Crippen LogP contribution in [-0.4, -0.2) is 155 Å². The first-order valence-corrected chi connectivity index (χ1v) is 45.9. The molecule has 1 fully saturated rings. The summed E-state index contributed by atoms with van der Waals surface area (Å²) in [5.74, 6) is 4.88. The van der Waals surface area contributed by atoms with Crippen molar-refractivity contribution in [3.05, 3.63) is 152 Å². The first-order chi connectivity index (χ1) is 50.0. The van der Waals surface area contributed by atoms with E-state index in [9.17, 15) is 5.11 Å². The van der Waals surface area contributed by atoms with Gasteiger partial charge in [-0.2, -0.15) is 0 Å². The van der Waals surface area contributed by atoms with E-state index < -0.39 is 22.2 Å². The number of rotatable bonds is 20. The van der Waals surface area contributed by atoms with Gasteiger partial charge in [0.05, 0.1) is 20.6 Å². The van der Waals surface area contributed by atoms with E-state index >= 15 is 0 Å². The third-order valence-electron chi connectivity index (χ3n) is 17.3. The van der Waals surface area contributed by atoms with Gasteiger partial charge in [0.15, 0.2) is 45.5 Å². The summed E-state index contributed by atoms with van der Waals surface area (Å²) in [7, 11) is 17.2. The van der Waals surface area contributed by atoms with Gasteiger partial charge in [-0.15, -0.1) is 0 Å². The highest BCUT2D eigenvalue weighted by molar-refractivity contribution is 8.05. The average molecular weight is 1600 g/mol. The molecule has 0 atom stereocenters. The Hall–Kier alpha value is -3.84. The second kappa shape index (κ2) is 46.0. The van der Waals surface area contributed by atoms with E-state index in [2.05, 4.69) is 250 Å². The van der Waals surface area contributed by atoms with Crippen LogP contribution in [0.5, 0.6) is 34.5 Å². The molecule has 6 aromatic carbocycles. The molecule has 0 aliphatic carbocycles. The van der Waals surface area contributed by atoms with Crippen molar-refractivity contribution in [1.29, 1.82) is 0 Å². The summed E-state index contributed by atoms with van der Waals surface area (Å²) < 4.78 is 57.9. The maximum absolute atomic E-state index is 10.0. The maximum Gasteiger partial charge on any atom is 0.372 e. The van der Waals surface area contributed by atoms with Crippen molar-refractivity contribution in [3.8, 4) is 34.5 Å². The molecule has 1 saturated heterocycles. The second-order valence-electron chi connectivity index (χ2n) is 36.9. The summed E-state index contributed by atoms with van der Waals surface area (Å²) in [6.07, 6.45) is 2.56. The van der Waals surface area contributed by atoms with Crippen molar-refractivity contribution in [1.82, 2.24) is 0 Å². The molecule has 12 nitrogen and oxygen atoms in total. The van der Waals surface area contributed by atoms with Crippen molar-refractivity contribution in [2.45, 2.75) is 272 Å². The van der Waals surface area contributed by atoms with Gasteiger partial charge in [0.25, 0.3) is 0 Å². The summed E-state index contributed by atoms with van der Waals surface area (Å²) >= 11 is 0. The number of phenols is 1. The molecule has 0 bridgehead atoms. The molecule has 610 valence electrons. The maximum atomic E-state index is 10.0. The van der Waals surface area contributed by atoms with E-state index in [0.29, 0.717) is 26.1 Å². The zero-order chi connectivity index (χ0) is 83.9. The van der Waals surface area contributed by atoms with Crippen LogP contribution in [0.1, 0.15) is 221 Å². The fraction of sp³-hybridized carbons (Fsp3) is 0.600. The summed E-state index contributed by atoms with van der Waals surface area (Å²) in [6.45, 7) is 71.4. The second-order valence-corrected chi connectivity index (χ2v) is 57.6. The van der Waals surface area contributed by atoms with Crippen molar-refractivity contribution in [3.63, 3.8) is 0 Å². The molecular formula is C90H149B2O12P5+2. The number of hydrogen-bond donors (Lipinski definition) is 1. The Balaban J connectivity index is 0.000000650. The van der Waals surface area contributed by atoms with E-state index in [4.69, 9.17) is 67.2 Å². The summed E-state index contributed by atoms with van der Waals surface area (Å²) in [6, 6.07) is 50.3. The van der Waals surface area contributed by atoms with Gasteiger partial charge in [-0.05, 0) is 181 Å². The highest BCUT2D eigenvalue weighted by Crippen LogP contribution is 2.74. The van der Waals surface area contributed by atoms with E-state index in [1.165, 1.54) is 23.5 Å². The van der Waals surface area contributed by atoms with Gasteiger partial charge in [0, 0.05) is 79.0 Å². The fourth-order valence-electron chi connectivity index (χ4n) is 14.2. The minimum atomic E-state index is -1.95. The first kappa shape index (κ1) is 103. The highest BCUT2D eigenvalue weighted by atomic mass is 31.2. The molecule has 4 radical (unpaired) electrons. The quantitative estimate of drug-likeness (QED) is 0.0445. The number of phenolic OH excluding ortho intramolecular Hbond substituents is 1. The number of hydrogen-bond acceptors (Lipinski definition) is 12. The zero-order valence-electron chi connectivity index (χ0n) is 74.6. The Labute approximate surface area is 673 Å². The molecule has 109 heavy (non-hydrogen) atoms. The molecule has 1 heterocycles. The predicted molar refractivity (Wildman–Crippen MR) is 485 cm³/mol. The van der Waals surface area contributed by atoms with E-state index in [0.717, 1.165) is 57.9 Å². The number of benzene rings is 6. The third-order valence-corrected chi connectivity index (χ3v) is 38.7. The Kier molecular flexibility index (Phi) is 43.6. The monoisotopic (exact) mass is 1600 g/mol. The van der Waals surface area contributed by atoms with Gasteiger partial charge >= 0.3 is 15.1 Å². The minimum Gasteiger partial charge on any atom is -0.507 e. The smallest absolute Gasteiger partial charge is 0.372 e. The lowest BCUT2D eigenvalue weighted by Gasteiger charge is -2.45. The normalized spacial score (nSPS) is 13.3. The Morgan fingerprint density at radius 3 is 0.789 bits per heavy atom. The molecule has 0 amide bonds. The van der Waals surface area contributed by atoms with E-state index in [-0.39, 0.29) is 81.0 Å². The van der Waals surface area contributed by atoms with Gasteiger partial charge in [-0.3, -0.25) is 0 Å². The average Bonchev–Trinajstić information content (AvgIpc) is 0.891. The molecule has 1 aliphatic heterocycles. The van der Waals surface area contributed by atoms with Crippen LogP contribution in [-0.2, 0) is 28.4 Å². The summed E-state index contributed by atoms with van der Waals surface area (Å²) in [4.78, 5) is 0. The molecule has 0 saturated carbocycles. The highest BCUT2D eigenvalue weighted by Gasteiger charge is 2.58. The van der Waals surface area contributed by atoms with Crippen LogP contribution >= 0.6 is 38.0 Å². The van der Waals surface area contributed by atoms with Crippen LogP contribution in [0, 0.1) is 0 Å². The molecular weight excluding hydrogens is 1450 g/mol. The van der Waals surface area contributed by atoms with Gasteiger partial charge in [0.1, 0.15) is 33.6 Å². The third kappa shape index (κ3) is 33.5. The van der Waals surface area contributed by atoms with Crippen LogP contribution < -0.4 is 50.2 Å². The van der Waals surface area contributed by atoms with Crippen LogP contribution in [0.4, 0.5) is 0 Å². The Morgan fingerprint density at radius 2 is 0.532 bits per heavy atom. The fourth-order valence-corrected chi connectivity index (χ4v) is 34.8. The lowest BCUT2D eigenvalue weighted by molar-refractivity contribution is 0.0510. The largest absolute Gasteiger partial charge is 0.507 e. The molecule has 6 aromatic rings. The van der Waals surface area contributed by atoms with Gasteiger partial charge in [-0.1, -0.05) is 245 Å². The van der Waals surface area contributed by atoms with Gasteiger partial charge in [-0.25, -0.2) is 0 Å². The van der Waals surface area contributed by atoms with Crippen molar-refractivity contribution in [2.75, 3.05) is 82.7 Å². The molecule has 0 aromatic heterocycles. The molecule has 7 rings (SSSR count). The lowest BCUT2D eigenvalue weighted by Crippen LogP contribution is -2.41. The van der Waals surface area contributed by atoms with Gasteiger partial charge in [0.2, 0.25) is 0 Å². The molecule has 0 spiro atoms. The van der Waals surface area contributed by atoms with Crippen LogP contribution in [0.2, 0.25) is 0 Å². The van der Waals surface area contributed by atoms with Crippen LogP contribution in [0.15, 0.2) is 152 Å². The van der Waals surface area contributed by atoms with Gasteiger partial charge < -0.3 is 57.2 Å². The van der Waals surface area contributed by atoms with Crippen LogP contribution in [0.25, 0.3) is 0 Å².